The quantitative estimate of drug-likeness (QED) is 0.0291. The second kappa shape index (κ2) is 15.5. The summed E-state index contributed by atoms with van der Waals surface area (Å²) in [6.07, 6.45) is -3.09. The Morgan fingerprint density at radius 2 is 1.45 bits per heavy atom. The molecule has 0 aromatic heterocycles. The molecule has 0 amide bonds. The minimum atomic E-state index is -4.40. The Hall–Kier alpha value is -4.30. The number of hydrogen-bond acceptors (Lipinski definition) is 16. The fraction of sp³-hybridized carbons (Fsp3) is 0.484. The molecule has 0 aliphatic carbocycles. The summed E-state index contributed by atoms with van der Waals surface area (Å²) in [5, 5.41) is 57.1. The van der Waals surface area contributed by atoms with E-state index in [1.54, 1.807) is 0 Å². The van der Waals surface area contributed by atoms with E-state index in [-0.39, 0.29) is 17.2 Å². The molecule has 49 heavy (non-hydrogen) atoms. The zero-order chi connectivity index (χ0) is 37.6. The molecule has 270 valence electrons. The molecule has 0 radical (unpaired) electrons. The molecule has 1 aliphatic heterocycles. The first kappa shape index (κ1) is 40.9. The number of esters is 4. The van der Waals surface area contributed by atoms with Crippen molar-refractivity contribution in [2.45, 2.75) is 74.7 Å². The second-order valence-electron chi connectivity index (χ2n) is 12.3. The van der Waals surface area contributed by atoms with E-state index < -0.39 is 97.6 Å². The van der Waals surface area contributed by atoms with Gasteiger partial charge in [-0.15, -0.1) is 0 Å². The van der Waals surface area contributed by atoms with Crippen LogP contribution in [0, 0.1) is 10.1 Å². The Morgan fingerprint density at radius 3 is 1.94 bits per heavy atom. The Kier molecular flexibility index (Phi) is 12.9. The van der Waals surface area contributed by atoms with Gasteiger partial charge in [-0.05, 0) is 29.8 Å². The van der Waals surface area contributed by atoms with Gasteiger partial charge >= 0.3 is 35.2 Å². The van der Waals surface area contributed by atoms with Crippen molar-refractivity contribution in [3.8, 4) is 5.75 Å². The van der Waals surface area contributed by atoms with E-state index in [0.29, 0.717) is 0 Å². The Bertz CT molecular complexity index is 1490. The van der Waals surface area contributed by atoms with Gasteiger partial charge in [0.2, 0.25) is 11.4 Å². The van der Waals surface area contributed by atoms with E-state index in [4.69, 9.17) is 28.1 Å². The van der Waals surface area contributed by atoms with Crippen LogP contribution in [0.2, 0.25) is 18.1 Å². The summed E-state index contributed by atoms with van der Waals surface area (Å²) >= 11 is 0. The first-order valence-corrected chi connectivity index (χ1v) is 17.5. The minimum Gasteiger partial charge on any atom is -0.459 e. The third kappa shape index (κ3) is 7.49. The first-order valence-electron chi connectivity index (χ1n) is 14.6. The smallest absolute Gasteiger partial charge is 0.360 e. The van der Waals surface area contributed by atoms with E-state index in [0.717, 1.165) is 30.4 Å². The molecule has 1 saturated heterocycles. The zero-order valence-electron chi connectivity index (χ0n) is 27.7. The topological polar surface area (TPSA) is 248 Å². The van der Waals surface area contributed by atoms with Gasteiger partial charge in [0.05, 0.1) is 11.5 Å². The molecular formula is C31H41NO16Si. The molecule has 0 unspecified atom stereocenters. The Morgan fingerprint density at radius 1 is 0.939 bits per heavy atom. The summed E-state index contributed by atoms with van der Waals surface area (Å²) in [4.78, 5) is 65.8. The lowest BCUT2D eigenvalue weighted by molar-refractivity contribution is -0.386. The van der Waals surface area contributed by atoms with Crippen LogP contribution in [0.1, 0.15) is 26.3 Å². The van der Waals surface area contributed by atoms with Crippen molar-refractivity contribution in [1.29, 1.82) is 0 Å². The third-order valence-corrected chi connectivity index (χ3v) is 12.5. The third-order valence-electron chi connectivity index (χ3n) is 8.06. The second-order valence-corrected chi connectivity index (χ2v) is 17.1. The number of aliphatic hydroxyl groups is 4. The highest BCUT2D eigenvalue weighted by atomic mass is 28.4. The van der Waals surface area contributed by atoms with Crippen LogP contribution in [0.4, 0.5) is 5.69 Å². The van der Waals surface area contributed by atoms with Crippen molar-refractivity contribution in [3.63, 3.8) is 0 Å². The molecular weight excluding hydrogens is 670 g/mol. The number of nitro benzene ring substituents is 1. The van der Waals surface area contributed by atoms with E-state index >= 15 is 0 Å². The maximum atomic E-state index is 14.1. The molecule has 1 aromatic rings. The van der Waals surface area contributed by atoms with Crippen LogP contribution >= 0.6 is 0 Å². The van der Waals surface area contributed by atoms with Crippen molar-refractivity contribution in [2.75, 3.05) is 19.8 Å². The lowest BCUT2D eigenvalue weighted by Crippen LogP contribution is -2.88. The number of nitro groups is 1. The predicted octanol–water partition coefficient (Wildman–Crippen LogP) is 1.12. The normalized spacial score (nSPS) is 25.3. The largest absolute Gasteiger partial charge is 0.459 e. The molecule has 0 bridgehead atoms. The number of benzene rings is 1. The molecule has 17 nitrogen and oxygen atoms in total. The molecule has 1 aromatic carbocycles. The first-order chi connectivity index (χ1) is 22.6. The summed E-state index contributed by atoms with van der Waals surface area (Å²) in [6, 6.07) is 3.20. The van der Waals surface area contributed by atoms with Gasteiger partial charge in [-0.25, -0.2) is 19.2 Å². The molecule has 4 N–H and O–H groups in total. The average Bonchev–Trinajstić information content (AvgIpc) is 3.04. The standard InChI is InChI=1S/C31H41NO16Si/c1-9-14-43-24(35)29(39)22(33)23(34)48-30(25(36)44-15-10-2,31(29,40)27(38)45-16-11-3)26(37)47-21-13-12-19(17-20(21)32(41)42)18-46-49(7,8)28(4,5)6/h9-13,17,22-23,33-34,39-40H,1-3,14-16,18H2,4-8H3/t22-,23+,29-,30+,31-/m0/s1. The van der Waals surface area contributed by atoms with Crippen molar-refractivity contribution in [3.05, 3.63) is 71.8 Å². The molecule has 0 saturated carbocycles. The summed E-state index contributed by atoms with van der Waals surface area (Å²) in [6.45, 7) is 17.4. The number of nitrogens with zero attached hydrogens (tertiary/aromatic N) is 1. The van der Waals surface area contributed by atoms with Crippen LogP contribution in [-0.2, 0) is 49.2 Å². The Balaban J connectivity index is 2.86. The van der Waals surface area contributed by atoms with Crippen LogP contribution in [0.25, 0.3) is 0 Å². The molecule has 5 atom stereocenters. The molecule has 2 rings (SSSR count). The lowest BCUT2D eigenvalue weighted by Gasteiger charge is -2.53. The SMILES string of the molecule is C=CCOC(=O)[C@]1(C(=O)Oc2ccc(CO[Si](C)(C)C(C)(C)C)cc2[N+](=O)[O-])O[C@@H](O)[C@H](O)[C@](O)(C(=O)OCC=C)[C@@]1(O)C(=O)OCC=C. The summed E-state index contributed by atoms with van der Waals surface area (Å²) in [7, 11) is -2.33. The number of rotatable bonds is 15. The highest BCUT2D eigenvalue weighted by Crippen LogP contribution is 2.48. The minimum absolute atomic E-state index is 0.0781. The lowest BCUT2D eigenvalue weighted by atomic mass is 9.65. The number of aliphatic hydroxyl groups excluding tert-OH is 2. The summed E-state index contributed by atoms with van der Waals surface area (Å²) in [5.41, 5.74) is -13.3. The van der Waals surface area contributed by atoms with Crippen LogP contribution in [0.15, 0.2) is 56.2 Å². The van der Waals surface area contributed by atoms with E-state index in [2.05, 4.69) is 19.7 Å². The van der Waals surface area contributed by atoms with Gasteiger partial charge < -0.3 is 48.5 Å². The van der Waals surface area contributed by atoms with Crippen LogP contribution < -0.4 is 4.74 Å². The van der Waals surface area contributed by atoms with Gasteiger partial charge in [-0.3, -0.25) is 10.1 Å². The van der Waals surface area contributed by atoms with Crippen molar-refractivity contribution in [2.24, 2.45) is 0 Å². The highest BCUT2D eigenvalue weighted by molar-refractivity contribution is 6.74. The zero-order valence-corrected chi connectivity index (χ0v) is 28.7. The van der Waals surface area contributed by atoms with Crippen LogP contribution in [0.3, 0.4) is 0 Å². The molecule has 1 fully saturated rings. The van der Waals surface area contributed by atoms with Gasteiger partial charge in [-0.2, -0.15) is 0 Å². The van der Waals surface area contributed by atoms with E-state index in [1.807, 2.05) is 33.9 Å². The summed E-state index contributed by atoms with van der Waals surface area (Å²) < 4.78 is 30.8. The maximum absolute atomic E-state index is 14.1. The Labute approximate surface area is 282 Å². The van der Waals surface area contributed by atoms with Crippen molar-refractivity contribution < 1.29 is 72.6 Å². The van der Waals surface area contributed by atoms with Crippen LogP contribution in [0.5, 0.6) is 5.75 Å². The van der Waals surface area contributed by atoms with E-state index in [1.165, 1.54) is 6.07 Å². The van der Waals surface area contributed by atoms with Gasteiger partial charge in [0, 0.05) is 6.07 Å². The van der Waals surface area contributed by atoms with Crippen molar-refractivity contribution in [1.82, 2.24) is 0 Å². The maximum Gasteiger partial charge on any atom is 0.360 e. The predicted molar refractivity (Wildman–Crippen MR) is 170 cm³/mol. The molecule has 0 spiro atoms. The number of carbonyl (C=O) groups is 4. The van der Waals surface area contributed by atoms with Crippen molar-refractivity contribution >= 4 is 37.9 Å². The fourth-order valence-electron chi connectivity index (χ4n) is 4.32. The monoisotopic (exact) mass is 711 g/mol. The van der Waals surface area contributed by atoms with Gasteiger partial charge in [0.1, 0.15) is 25.9 Å². The van der Waals surface area contributed by atoms with Gasteiger partial charge in [0.15, 0.2) is 14.6 Å². The average molecular weight is 712 g/mol. The molecule has 18 heteroatoms. The van der Waals surface area contributed by atoms with Gasteiger partial charge in [-0.1, -0.05) is 64.8 Å². The molecule has 1 aliphatic rings. The fourth-order valence-corrected chi connectivity index (χ4v) is 5.28. The number of hydrogen-bond donors (Lipinski definition) is 4. The number of ether oxygens (including phenoxy) is 5. The van der Waals surface area contributed by atoms with Crippen LogP contribution in [-0.4, -0.2) is 107 Å². The van der Waals surface area contributed by atoms with E-state index in [9.17, 15) is 49.7 Å². The van der Waals surface area contributed by atoms with Gasteiger partial charge in [0.25, 0.3) is 5.60 Å². The number of carbonyl (C=O) groups excluding carboxylic acids is 4. The summed E-state index contributed by atoms with van der Waals surface area (Å²) in [5.74, 6) is -9.50. The molecule has 1 heterocycles. The highest BCUT2D eigenvalue weighted by Gasteiger charge is 2.86.